The maximum Gasteiger partial charge on any atom is 0.0113 e. The van der Waals surface area contributed by atoms with Gasteiger partial charge in [-0.1, -0.05) is 20.8 Å². The lowest BCUT2D eigenvalue weighted by Gasteiger charge is -2.38. The Bertz CT molecular complexity index is 160. The van der Waals surface area contributed by atoms with Crippen LogP contribution in [-0.2, 0) is 0 Å². The molecular weight excluding hydrogens is 184 g/mol. The SMILES string of the molecule is CCCN1CCN(C(C)CC(C)C)CC1. The van der Waals surface area contributed by atoms with Crippen LogP contribution in [0.5, 0.6) is 0 Å². The fraction of sp³-hybridized carbons (Fsp3) is 1.00. The van der Waals surface area contributed by atoms with Gasteiger partial charge in [0.15, 0.2) is 0 Å². The van der Waals surface area contributed by atoms with Crippen LogP contribution in [-0.4, -0.2) is 48.6 Å². The number of hydrogen-bond acceptors (Lipinski definition) is 2. The van der Waals surface area contributed by atoms with Crippen LogP contribution >= 0.6 is 0 Å². The monoisotopic (exact) mass is 212 g/mol. The largest absolute Gasteiger partial charge is 0.301 e. The molecule has 2 heteroatoms. The van der Waals surface area contributed by atoms with Crippen LogP contribution in [0.2, 0.25) is 0 Å². The molecule has 1 atom stereocenters. The van der Waals surface area contributed by atoms with Gasteiger partial charge in [0, 0.05) is 32.2 Å². The van der Waals surface area contributed by atoms with Crippen molar-refractivity contribution in [2.75, 3.05) is 32.7 Å². The van der Waals surface area contributed by atoms with Crippen molar-refractivity contribution in [2.45, 2.75) is 46.6 Å². The molecule has 15 heavy (non-hydrogen) atoms. The van der Waals surface area contributed by atoms with Gasteiger partial charge < -0.3 is 4.90 Å². The van der Waals surface area contributed by atoms with Gasteiger partial charge in [-0.25, -0.2) is 0 Å². The van der Waals surface area contributed by atoms with Crippen LogP contribution < -0.4 is 0 Å². The Balaban J connectivity index is 2.24. The lowest BCUT2D eigenvalue weighted by Crippen LogP contribution is -2.49. The lowest BCUT2D eigenvalue weighted by atomic mass is 10.0. The summed E-state index contributed by atoms with van der Waals surface area (Å²) < 4.78 is 0. The third kappa shape index (κ3) is 4.52. The first-order valence-electron chi connectivity index (χ1n) is 6.59. The summed E-state index contributed by atoms with van der Waals surface area (Å²) in [4.78, 5) is 5.25. The van der Waals surface area contributed by atoms with E-state index in [4.69, 9.17) is 0 Å². The van der Waals surface area contributed by atoms with Crippen molar-refractivity contribution in [3.8, 4) is 0 Å². The summed E-state index contributed by atoms with van der Waals surface area (Å²) in [6.45, 7) is 15.7. The van der Waals surface area contributed by atoms with E-state index in [9.17, 15) is 0 Å². The molecule has 0 amide bonds. The Morgan fingerprint density at radius 3 is 2.07 bits per heavy atom. The molecule has 0 aromatic carbocycles. The number of rotatable bonds is 5. The van der Waals surface area contributed by atoms with Crippen molar-refractivity contribution < 1.29 is 0 Å². The highest BCUT2D eigenvalue weighted by atomic mass is 15.3. The third-order valence-corrected chi connectivity index (χ3v) is 3.38. The van der Waals surface area contributed by atoms with E-state index in [1.807, 2.05) is 0 Å². The van der Waals surface area contributed by atoms with Crippen LogP contribution in [0.4, 0.5) is 0 Å². The Morgan fingerprint density at radius 2 is 1.60 bits per heavy atom. The molecule has 0 aromatic rings. The van der Waals surface area contributed by atoms with E-state index in [0.29, 0.717) is 0 Å². The second-order valence-electron chi connectivity index (χ2n) is 5.36. The minimum absolute atomic E-state index is 0.772. The highest BCUT2D eigenvalue weighted by Crippen LogP contribution is 2.13. The van der Waals surface area contributed by atoms with Gasteiger partial charge in [0.2, 0.25) is 0 Å². The first-order chi connectivity index (χ1) is 7.13. The summed E-state index contributed by atoms with van der Waals surface area (Å²) in [7, 11) is 0. The first kappa shape index (κ1) is 13.0. The summed E-state index contributed by atoms with van der Waals surface area (Å²) in [6, 6.07) is 0.772. The molecule has 1 saturated heterocycles. The quantitative estimate of drug-likeness (QED) is 0.691. The molecule has 0 aromatic heterocycles. The molecular formula is C13H28N2. The van der Waals surface area contributed by atoms with Crippen molar-refractivity contribution >= 4 is 0 Å². The molecule has 1 rings (SSSR count). The second kappa shape index (κ2) is 6.49. The fourth-order valence-corrected chi connectivity index (χ4v) is 2.58. The van der Waals surface area contributed by atoms with Crippen LogP contribution in [0.25, 0.3) is 0 Å². The lowest BCUT2D eigenvalue weighted by molar-refractivity contribution is 0.0938. The first-order valence-corrected chi connectivity index (χ1v) is 6.59. The Morgan fingerprint density at radius 1 is 1.00 bits per heavy atom. The number of nitrogens with zero attached hydrogens (tertiary/aromatic N) is 2. The van der Waals surface area contributed by atoms with Gasteiger partial charge in [0.1, 0.15) is 0 Å². The minimum atomic E-state index is 0.772. The van der Waals surface area contributed by atoms with Gasteiger partial charge in [-0.3, -0.25) is 4.90 Å². The van der Waals surface area contributed by atoms with Crippen molar-refractivity contribution in [1.29, 1.82) is 0 Å². The van der Waals surface area contributed by atoms with Crippen LogP contribution in [0.3, 0.4) is 0 Å². The van der Waals surface area contributed by atoms with E-state index < -0.39 is 0 Å². The van der Waals surface area contributed by atoms with Crippen LogP contribution in [0.1, 0.15) is 40.5 Å². The fourth-order valence-electron chi connectivity index (χ4n) is 2.58. The van der Waals surface area contributed by atoms with E-state index in [2.05, 4.69) is 37.5 Å². The number of hydrogen-bond donors (Lipinski definition) is 0. The average molecular weight is 212 g/mol. The van der Waals surface area contributed by atoms with Gasteiger partial charge in [-0.2, -0.15) is 0 Å². The van der Waals surface area contributed by atoms with E-state index in [0.717, 1.165) is 12.0 Å². The van der Waals surface area contributed by atoms with Crippen molar-refractivity contribution in [2.24, 2.45) is 5.92 Å². The maximum atomic E-state index is 2.66. The second-order valence-corrected chi connectivity index (χ2v) is 5.36. The van der Waals surface area contributed by atoms with Gasteiger partial charge in [-0.05, 0) is 32.2 Å². The highest BCUT2D eigenvalue weighted by Gasteiger charge is 2.20. The molecule has 1 heterocycles. The summed E-state index contributed by atoms with van der Waals surface area (Å²) >= 11 is 0. The molecule has 1 aliphatic heterocycles. The predicted octanol–water partition coefficient (Wildman–Crippen LogP) is 2.45. The predicted molar refractivity (Wildman–Crippen MR) is 67.2 cm³/mol. The van der Waals surface area contributed by atoms with Crippen LogP contribution in [0, 0.1) is 5.92 Å². The Labute approximate surface area is 95.6 Å². The number of piperazine rings is 1. The van der Waals surface area contributed by atoms with Crippen molar-refractivity contribution in [3.05, 3.63) is 0 Å². The van der Waals surface area contributed by atoms with E-state index in [-0.39, 0.29) is 0 Å². The standard InChI is InChI=1S/C13H28N2/c1-5-6-14-7-9-15(10-8-14)13(4)11-12(2)3/h12-13H,5-11H2,1-4H3. The zero-order chi connectivity index (χ0) is 11.3. The zero-order valence-corrected chi connectivity index (χ0v) is 11.0. The molecule has 1 unspecified atom stereocenters. The van der Waals surface area contributed by atoms with Crippen molar-refractivity contribution in [1.82, 2.24) is 9.80 Å². The molecule has 0 N–H and O–H groups in total. The van der Waals surface area contributed by atoms with Gasteiger partial charge in [0.05, 0.1) is 0 Å². The van der Waals surface area contributed by atoms with E-state index in [1.165, 1.54) is 45.6 Å². The smallest absolute Gasteiger partial charge is 0.0113 e. The van der Waals surface area contributed by atoms with Crippen LogP contribution in [0.15, 0.2) is 0 Å². The minimum Gasteiger partial charge on any atom is -0.301 e. The molecule has 0 bridgehead atoms. The summed E-state index contributed by atoms with van der Waals surface area (Å²) in [5.74, 6) is 0.827. The zero-order valence-electron chi connectivity index (χ0n) is 11.0. The third-order valence-electron chi connectivity index (χ3n) is 3.38. The highest BCUT2D eigenvalue weighted by molar-refractivity contribution is 4.76. The van der Waals surface area contributed by atoms with Gasteiger partial charge >= 0.3 is 0 Å². The summed E-state index contributed by atoms with van der Waals surface area (Å²) in [5, 5.41) is 0. The Kier molecular flexibility index (Phi) is 5.62. The molecule has 2 nitrogen and oxygen atoms in total. The summed E-state index contributed by atoms with van der Waals surface area (Å²) in [6.07, 6.45) is 2.63. The van der Waals surface area contributed by atoms with E-state index in [1.54, 1.807) is 0 Å². The molecule has 0 radical (unpaired) electrons. The Hall–Kier alpha value is -0.0800. The molecule has 0 aliphatic carbocycles. The summed E-state index contributed by atoms with van der Waals surface area (Å²) in [5.41, 5.74) is 0. The molecule has 0 spiro atoms. The average Bonchev–Trinajstić information content (AvgIpc) is 2.18. The molecule has 90 valence electrons. The maximum absolute atomic E-state index is 2.66. The van der Waals surface area contributed by atoms with Crippen molar-refractivity contribution in [3.63, 3.8) is 0 Å². The van der Waals surface area contributed by atoms with Gasteiger partial charge in [0.25, 0.3) is 0 Å². The molecule has 1 aliphatic rings. The van der Waals surface area contributed by atoms with Gasteiger partial charge in [-0.15, -0.1) is 0 Å². The van der Waals surface area contributed by atoms with E-state index >= 15 is 0 Å². The topological polar surface area (TPSA) is 6.48 Å². The molecule has 0 saturated carbocycles. The molecule has 1 fully saturated rings. The normalized spacial score (nSPS) is 22.2.